The Morgan fingerprint density at radius 1 is 1.14 bits per heavy atom. The second kappa shape index (κ2) is 6.39. The summed E-state index contributed by atoms with van der Waals surface area (Å²) in [5, 5.41) is 17.3. The average Bonchev–Trinajstić information content (AvgIpc) is 3.00. The first-order valence-corrected chi connectivity index (χ1v) is 8.04. The smallest absolute Gasteiger partial charge is 0.0690 e. The van der Waals surface area contributed by atoms with E-state index in [9.17, 15) is 0 Å². The molecule has 0 saturated heterocycles. The molecule has 0 unspecified atom stereocenters. The van der Waals surface area contributed by atoms with E-state index < -0.39 is 0 Å². The van der Waals surface area contributed by atoms with E-state index in [4.69, 9.17) is 5.11 Å². The maximum atomic E-state index is 9.11. The molecule has 2 N–H and O–H groups in total. The Kier molecular flexibility index (Phi) is 4.34. The van der Waals surface area contributed by atoms with Gasteiger partial charge in [0.15, 0.2) is 0 Å². The Balaban J connectivity index is 1.76. The third-order valence-electron chi connectivity index (χ3n) is 3.76. The number of nitrogens with one attached hydrogen (secondary N) is 1. The van der Waals surface area contributed by atoms with Gasteiger partial charge in [-0.15, -0.1) is 11.3 Å². The molecule has 0 aliphatic carbocycles. The van der Waals surface area contributed by atoms with Crippen molar-refractivity contribution in [3.63, 3.8) is 0 Å². The van der Waals surface area contributed by atoms with Gasteiger partial charge in [-0.1, -0.05) is 42.5 Å². The SMILES string of the molecule is C[C@@H](NCc1cc(CO)cs1)c1cccc2ccccc12. The third-order valence-corrected chi connectivity index (χ3v) is 4.75. The minimum absolute atomic E-state index is 0.120. The van der Waals surface area contributed by atoms with Crippen molar-refractivity contribution in [1.29, 1.82) is 0 Å². The van der Waals surface area contributed by atoms with Gasteiger partial charge in [-0.2, -0.15) is 0 Å². The van der Waals surface area contributed by atoms with Crippen molar-refractivity contribution in [3.8, 4) is 0 Å². The second-order valence-electron chi connectivity index (χ2n) is 5.25. The van der Waals surface area contributed by atoms with Crippen molar-refractivity contribution in [2.45, 2.75) is 26.1 Å². The predicted molar refractivity (Wildman–Crippen MR) is 89.4 cm³/mol. The van der Waals surface area contributed by atoms with Crippen molar-refractivity contribution in [1.82, 2.24) is 5.32 Å². The Morgan fingerprint density at radius 2 is 1.95 bits per heavy atom. The lowest BCUT2D eigenvalue weighted by Crippen LogP contribution is -2.17. The van der Waals surface area contributed by atoms with Gasteiger partial charge in [-0.05, 0) is 40.3 Å². The normalized spacial score (nSPS) is 12.7. The highest BCUT2D eigenvalue weighted by Crippen LogP contribution is 2.24. The third kappa shape index (κ3) is 3.16. The molecule has 0 amide bonds. The van der Waals surface area contributed by atoms with Crippen LogP contribution >= 0.6 is 11.3 Å². The van der Waals surface area contributed by atoms with Crippen LogP contribution in [0.25, 0.3) is 10.8 Å². The molecule has 3 heteroatoms. The maximum Gasteiger partial charge on any atom is 0.0690 e. The van der Waals surface area contributed by atoms with Crippen molar-refractivity contribution in [2.75, 3.05) is 0 Å². The number of aliphatic hydroxyl groups is 1. The highest BCUT2D eigenvalue weighted by molar-refractivity contribution is 7.10. The fraction of sp³-hybridized carbons (Fsp3) is 0.222. The molecule has 3 rings (SSSR count). The number of hydrogen-bond donors (Lipinski definition) is 2. The molecule has 2 nitrogen and oxygen atoms in total. The molecule has 2 aromatic carbocycles. The fourth-order valence-electron chi connectivity index (χ4n) is 2.59. The second-order valence-corrected chi connectivity index (χ2v) is 6.25. The topological polar surface area (TPSA) is 32.3 Å². The summed E-state index contributed by atoms with van der Waals surface area (Å²) in [6.07, 6.45) is 0. The molecule has 0 aliphatic heterocycles. The lowest BCUT2D eigenvalue weighted by molar-refractivity contribution is 0.282. The summed E-state index contributed by atoms with van der Waals surface area (Å²) in [5.74, 6) is 0. The number of aliphatic hydroxyl groups excluding tert-OH is 1. The molecule has 3 aromatic rings. The Labute approximate surface area is 129 Å². The summed E-state index contributed by atoms with van der Waals surface area (Å²) in [6.45, 7) is 3.15. The molecule has 0 bridgehead atoms. The van der Waals surface area contributed by atoms with Crippen LogP contribution in [0.1, 0.15) is 29.0 Å². The lowest BCUT2D eigenvalue weighted by Gasteiger charge is -2.16. The van der Waals surface area contributed by atoms with Gasteiger partial charge in [0, 0.05) is 17.5 Å². The number of fused-ring (bicyclic) bond motifs is 1. The first-order chi connectivity index (χ1) is 10.3. The van der Waals surface area contributed by atoms with Crippen molar-refractivity contribution in [3.05, 3.63) is 69.9 Å². The van der Waals surface area contributed by atoms with Gasteiger partial charge in [0.2, 0.25) is 0 Å². The minimum Gasteiger partial charge on any atom is -0.392 e. The highest BCUT2D eigenvalue weighted by Gasteiger charge is 2.09. The molecule has 0 fully saturated rings. The first-order valence-electron chi connectivity index (χ1n) is 7.16. The van der Waals surface area contributed by atoms with E-state index in [1.54, 1.807) is 11.3 Å². The van der Waals surface area contributed by atoms with Crippen LogP contribution in [-0.4, -0.2) is 5.11 Å². The van der Waals surface area contributed by atoms with E-state index in [1.807, 2.05) is 5.38 Å². The van der Waals surface area contributed by atoms with Crippen LogP contribution in [0.2, 0.25) is 0 Å². The summed E-state index contributed by atoms with van der Waals surface area (Å²) < 4.78 is 0. The molecule has 0 aliphatic rings. The van der Waals surface area contributed by atoms with E-state index in [0.717, 1.165) is 12.1 Å². The molecule has 1 atom stereocenters. The Morgan fingerprint density at radius 3 is 2.76 bits per heavy atom. The monoisotopic (exact) mass is 297 g/mol. The van der Waals surface area contributed by atoms with Crippen LogP contribution in [0.3, 0.4) is 0 Å². The molecule has 0 radical (unpaired) electrons. The molecule has 21 heavy (non-hydrogen) atoms. The van der Waals surface area contributed by atoms with Crippen molar-refractivity contribution in [2.24, 2.45) is 0 Å². The van der Waals surface area contributed by atoms with Crippen molar-refractivity contribution < 1.29 is 5.11 Å². The first kappa shape index (κ1) is 14.3. The quantitative estimate of drug-likeness (QED) is 0.738. The van der Waals surface area contributed by atoms with Gasteiger partial charge < -0.3 is 10.4 Å². The maximum absolute atomic E-state index is 9.11. The fourth-order valence-corrected chi connectivity index (χ4v) is 3.42. The van der Waals surface area contributed by atoms with Gasteiger partial charge in [-0.25, -0.2) is 0 Å². The van der Waals surface area contributed by atoms with E-state index in [0.29, 0.717) is 0 Å². The molecule has 108 valence electrons. The Hall–Kier alpha value is -1.68. The van der Waals surface area contributed by atoms with Crippen LogP contribution in [0.15, 0.2) is 53.9 Å². The standard InChI is InChI=1S/C18H19NOS/c1-13(19-10-16-9-14(11-20)12-21-16)17-8-4-6-15-5-2-3-7-18(15)17/h2-9,12-13,19-20H,10-11H2,1H3/t13-/m1/s1. The minimum atomic E-state index is 0.120. The molecule has 0 spiro atoms. The largest absolute Gasteiger partial charge is 0.392 e. The zero-order chi connectivity index (χ0) is 14.7. The van der Waals surface area contributed by atoms with E-state index >= 15 is 0 Å². The molecular formula is C18H19NOS. The lowest BCUT2D eigenvalue weighted by atomic mass is 10.00. The van der Waals surface area contributed by atoms with E-state index in [2.05, 4.69) is 60.8 Å². The van der Waals surface area contributed by atoms with Crippen LogP contribution in [0.5, 0.6) is 0 Å². The van der Waals surface area contributed by atoms with Gasteiger partial charge in [0.25, 0.3) is 0 Å². The summed E-state index contributed by atoms with van der Waals surface area (Å²) >= 11 is 1.69. The van der Waals surface area contributed by atoms with Crippen LogP contribution in [-0.2, 0) is 13.2 Å². The summed E-state index contributed by atoms with van der Waals surface area (Å²) in [6, 6.07) is 17.3. The van der Waals surface area contributed by atoms with Crippen molar-refractivity contribution >= 4 is 22.1 Å². The van der Waals surface area contributed by atoms with Gasteiger partial charge in [-0.3, -0.25) is 0 Å². The summed E-state index contributed by atoms with van der Waals surface area (Å²) in [4.78, 5) is 1.26. The summed E-state index contributed by atoms with van der Waals surface area (Å²) in [7, 11) is 0. The Bertz CT molecular complexity index is 729. The zero-order valence-electron chi connectivity index (χ0n) is 12.0. The molecule has 0 saturated carbocycles. The van der Waals surface area contributed by atoms with Crippen LogP contribution in [0.4, 0.5) is 0 Å². The van der Waals surface area contributed by atoms with Crippen LogP contribution < -0.4 is 5.32 Å². The molecule has 1 aromatic heterocycles. The molecular weight excluding hydrogens is 278 g/mol. The molecule has 1 heterocycles. The predicted octanol–water partition coefficient (Wildman–Crippen LogP) is 4.24. The number of benzene rings is 2. The highest BCUT2D eigenvalue weighted by atomic mass is 32.1. The zero-order valence-corrected chi connectivity index (χ0v) is 12.9. The van der Waals surface area contributed by atoms with Gasteiger partial charge in [0.05, 0.1) is 6.61 Å². The number of thiophene rings is 1. The van der Waals surface area contributed by atoms with E-state index in [-0.39, 0.29) is 12.6 Å². The number of rotatable bonds is 5. The van der Waals surface area contributed by atoms with E-state index in [1.165, 1.54) is 21.2 Å². The average molecular weight is 297 g/mol. The van der Waals surface area contributed by atoms with Gasteiger partial charge in [0.1, 0.15) is 0 Å². The number of hydrogen-bond acceptors (Lipinski definition) is 3. The van der Waals surface area contributed by atoms with Gasteiger partial charge >= 0.3 is 0 Å². The van der Waals surface area contributed by atoms with Crippen LogP contribution in [0, 0.1) is 0 Å². The summed E-state index contributed by atoms with van der Waals surface area (Å²) in [5.41, 5.74) is 2.32.